The van der Waals surface area contributed by atoms with Gasteiger partial charge in [-0.3, -0.25) is 24.6 Å². The first-order valence-corrected chi connectivity index (χ1v) is 7.88. The van der Waals surface area contributed by atoms with Crippen LogP contribution in [-0.2, 0) is 14.3 Å². The number of nitro groups is 1. The first-order chi connectivity index (χ1) is 11.7. The second-order valence-corrected chi connectivity index (χ2v) is 6.30. The number of aromatic hydroxyl groups is 1. The van der Waals surface area contributed by atoms with Gasteiger partial charge >= 0.3 is 11.7 Å². The van der Waals surface area contributed by atoms with Gasteiger partial charge < -0.3 is 9.84 Å². The van der Waals surface area contributed by atoms with Crippen molar-refractivity contribution in [2.24, 2.45) is 0 Å². The first kappa shape index (κ1) is 18.7. The summed E-state index contributed by atoms with van der Waals surface area (Å²) in [5, 5.41) is 20.1. The molecule has 1 aromatic carbocycles. The maximum atomic E-state index is 12.4. The van der Waals surface area contributed by atoms with Gasteiger partial charge in [-0.15, -0.1) is 0 Å². The fourth-order valence-electron chi connectivity index (χ4n) is 2.09. The second kappa shape index (κ2) is 7.11. The van der Waals surface area contributed by atoms with E-state index in [9.17, 15) is 29.6 Å². The van der Waals surface area contributed by atoms with Gasteiger partial charge in [0.1, 0.15) is 6.04 Å². The number of ether oxygens (including phenoxy) is 1. The summed E-state index contributed by atoms with van der Waals surface area (Å²) in [7, 11) is 1.12. The molecule has 0 spiro atoms. The minimum atomic E-state index is -1.13. The van der Waals surface area contributed by atoms with Gasteiger partial charge in [0.15, 0.2) is 0 Å². The number of halogens is 1. The van der Waals surface area contributed by atoms with Crippen molar-refractivity contribution in [3.8, 4) is 5.75 Å². The molecule has 9 nitrogen and oxygen atoms in total. The van der Waals surface area contributed by atoms with E-state index < -0.39 is 39.5 Å². The van der Waals surface area contributed by atoms with Gasteiger partial charge in [0.2, 0.25) is 5.75 Å². The van der Waals surface area contributed by atoms with Crippen molar-refractivity contribution in [2.75, 3.05) is 7.11 Å². The van der Waals surface area contributed by atoms with Crippen molar-refractivity contribution in [3.63, 3.8) is 0 Å². The highest BCUT2D eigenvalue weighted by Crippen LogP contribution is 2.38. The van der Waals surface area contributed by atoms with Gasteiger partial charge in [0.05, 0.1) is 16.9 Å². The fourth-order valence-corrected chi connectivity index (χ4v) is 3.21. The number of imide groups is 1. The Morgan fingerprint density at radius 3 is 2.68 bits per heavy atom. The number of methoxy groups -OCH3 is 1. The Kier molecular flexibility index (Phi) is 5.33. The molecule has 0 bridgehead atoms. The standard InChI is InChI=1S/C14H11ClN2O7S/c1-6(13(20)24-2)16-12(19)10(25-14(16)21)4-7-3-8(15)5-9(11(7)18)17(22)23/h3-6,18H,1-2H3/b10-4+/t6-/m1/s1. The third kappa shape index (κ3) is 3.59. The summed E-state index contributed by atoms with van der Waals surface area (Å²) in [5.74, 6) is -2.25. The summed E-state index contributed by atoms with van der Waals surface area (Å²) in [5.41, 5.74) is -0.740. The number of nitrogens with zero attached hydrogens (tertiary/aromatic N) is 2. The number of nitro benzene ring substituents is 1. The molecule has 2 rings (SSSR count). The van der Waals surface area contributed by atoms with Crippen LogP contribution in [0.25, 0.3) is 6.08 Å². The van der Waals surface area contributed by atoms with Gasteiger partial charge in [-0.25, -0.2) is 4.79 Å². The lowest BCUT2D eigenvalue weighted by Crippen LogP contribution is -2.42. The monoisotopic (exact) mass is 386 g/mol. The van der Waals surface area contributed by atoms with E-state index in [-0.39, 0.29) is 15.5 Å². The second-order valence-electron chi connectivity index (χ2n) is 4.87. The van der Waals surface area contributed by atoms with Gasteiger partial charge in [-0.05, 0) is 30.8 Å². The lowest BCUT2D eigenvalue weighted by atomic mass is 10.1. The highest BCUT2D eigenvalue weighted by Gasteiger charge is 2.41. The van der Waals surface area contributed by atoms with Crippen molar-refractivity contribution in [1.29, 1.82) is 0 Å². The minimum absolute atomic E-state index is 0.0297. The number of benzene rings is 1. The molecule has 0 unspecified atom stereocenters. The molecule has 0 radical (unpaired) electrons. The van der Waals surface area contributed by atoms with Crippen molar-refractivity contribution in [3.05, 3.63) is 37.7 Å². The molecule has 132 valence electrons. The first-order valence-electron chi connectivity index (χ1n) is 6.69. The van der Waals surface area contributed by atoms with Crippen LogP contribution < -0.4 is 0 Å². The SMILES string of the molecule is COC(=O)[C@@H](C)N1C(=O)S/C(=C/c2cc(Cl)cc([N+](=O)[O-])c2O)C1=O. The molecule has 11 heteroatoms. The summed E-state index contributed by atoms with van der Waals surface area (Å²) >= 11 is 6.31. The number of phenolic OH excluding ortho intramolecular Hbond substituents is 1. The van der Waals surface area contributed by atoms with Crippen LogP contribution in [0.3, 0.4) is 0 Å². The molecule has 0 aromatic heterocycles. The maximum absolute atomic E-state index is 12.4. The molecule has 1 heterocycles. The average Bonchev–Trinajstić information content (AvgIpc) is 2.82. The van der Waals surface area contributed by atoms with Crippen LogP contribution in [0.1, 0.15) is 12.5 Å². The number of phenols is 1. The van der Waals surface area contributed by atoms with Crippen LogP contribution >= 0.6 is 23.4 Å². The summed E-state index contributed by atoms with van der Waals surface area (Å²) in [4.78, 5) is 46.6. The van der Waals surface area contributed by atoms with Crippen molar-refractivity contribution < 1.29 is 29.2 Å². The molecule has 1 saturated heterocycles. The van der Waals surface area contributed by atoms with Crippen molar-refractivity contribution in [2.45, 2.75) is 13.0 Å². The third-order valence-corrected chi connectivity index (χ3v) is 4.42. The van der Waals surface area contributed by atoms with E-state index >= 15 is 0 Å². The van der Waals surface area contributed by atoms with Gasteiger partial charge in [0, 0.05) is 16.7 Å². The van der Waals surface area contributed by atoms with Gasteiger partial charge in [-0.2, -0.15) is 0 Å². The normalized spacial score (nSPS) is 17.1. The Morgan fingerprint density at radius 1 is 1.48 bits per heavy atom. The Hall–Kier alpha value is -2.59. The Bertz CT molecular complexity index is 824. The molecule has 2 amide bonds. The Morgan fingerprint density at radius 2 is 2.12 bits per heavy atom. The van der Waals surface area contributed by atoms with Crippen LogP contribution in [0.5, 0.6) is 5.75 Å². The summed E-state index contributed by atoms with van der Waals surface area (Å²) in [6, 6.07) is 1.03. The van der Waals surface area contributed by atoms with E-state index in [1.165, 1.54) is 13.0 Å². The van der Waals surface area contributed by atoms with Gasteiger partial charge in [0.25, 0.3) is 11.1 Å². The molecule has 0 saturated carbocycles. The molecule has 1 N–H and O–H groups in total. The highest BCUT2D eigenvalue weighted by molar-refractivity contribution is 8.18. The lowest BCUT2D eigenvalue weighted by molar-refractivity contribution is -0.385. The number of hydrogen-bond acceptors (Lipinski definition) is 8. The molecular formula is C14H11ClN2O7S. The molecule has 1 aliphatic rings. The largest absolute Gasteiger partial charge is 0.502 e. The number of thioether (sulfide) groups is 1. The summed E-state index contributed by atoms with van der Waals surface area (Å²) in [6.07, 6.45) is 1.10. The third-order valence-electron chi connectivity index (χ3n) is 3.32. The minimum Gasteiger partial charge on any atom is -0.502 e. The number of carbonyl (C=O) groups excluding carboxylic acids is 3. The van der Waals surface area contributed by atoms with Crippen LogP contribution in [0.2, 0.25) is 5.02 Å². The number of carbonyl (C=O) groups is 3. The summed E-state index contributed by atoms with van der Waals surface area (Å²) < 4.78 is 4.51. The molecule has 0 aliphatic carbocycles. The van der Waals surface area contributed by atoms with Crippen LogP contribution in [-0.4, -0.2) is 45.2 Å². The number of rotatable bonds is 4. The van der Waals surface area contributed by atoms with E-state index in [1.807, 2.05) is 0 Å². The molecule has 25 heavy (non-hydrogen) atoms. The van der Waals surface area contributed by atoms with Crippen LogP contribution in [0, 0.1) is 10.1 Å². The quantitative estimate of drug-likeness (QED) is 0.362. The zero-order chi connectivity index (χ0) is 18.9. The van der Waals surface area contributed by atoms with Crippen LogP contribution in [0.15, 0.2) is 17.0 Å². The predicted octanol–water partition coefficient (Wildman–Crippen LogP) is 2.55. The lowest BCUT2D eigenvalue weighted by Gasteiger charge is -2.18. The van der Waals surface area contributed by atoms with E-state index in [4.69, 9.17) is 11.6 Å². The molecule has 1 fully saturated rings. The van der Waals surface area contributed by atoms with E-state index in [2.05, 4.69) is 4.74 Å². The number of esters is 1. The molecule has 1 atom stereocenters. The van der Waals surface area contributed by atoms with E-state index in [0.717, 1.165) is 19.3 Å². The average molecular weight is 387 g/mol. The number of amides is 2. The maximum Gasteiger partial charge on any atom is 0.328 e. The fraction of sp³-hybridized carbons (Fsp3) is 0.214. The van der Waals surface area contributed by atoms with Gasteiger partial charge in [-0.1, -0.05) is 11.6 Å². The summed E-state index contributed by atoms with van der Waals surface area (Å²) in [6.45, 7) is 1.33. The van der Waals surface area contributed by atoms with E-state index in [1.54, 1.807) is 0 Å². The van der Waals surface area contributed by atoms with Crippen LogP contribution in [0.4, 0.5) is 10.5 Å². The smallest absolute Gasteiger partial charge is 0.328 e. The Labute approximate surface area is 150 Å². The highest BCUT2D eigenvalue weighted by atomic mass is 35.5. The molecular weight excluding hydrogens is 376 g/mol. The topological polar surface area (TPSA) is 127 Å². The van der Waals surface area contributed by atoms with E-state index in [0.29, 0.717) is 16.7 Å². The zero-order valence-corrected chi connectivity index (χ0v) is 14.5. The molecule has 1 aliphatic heterocycles. The Balaban J connectivity index is 2.44. The zero-order valence-electron chi connectivity index (χ0n) is 12.9. The number of hydrogen-bond donors (Lipinski definition) is 1. The predicted molar refractivity (Wildman–Crippen MR) is 89.1 cm³/mol. The molecule has 1 aromatic rings. The van der Waals surface area contributed by atoms with Crippen molar-refractivity contribution >= 4 is 52.2 Å². The van der Waals surface area contributed by atoms with Crippen molar-refractivity contribution in [1.82, 2.24) is 4.90 Å².